The molecule has 1 aliphatic carbocycles. The molecule has 2 aromatic heterocycles. The highest BCUT2D eigenvalue weighted by Crippen LogP contribution is 2.35. The maximum Gasteiger partial charge on any atom is 0.132 e. The van der Waals surface area contributed by atoms with Gasteiger partial charge in [0.1, 0.15) is 23.7 Å². The first-order chi connectivity index (χ1) is 14.9. The number of aliphatic hydroxyl groups excluding tert-OH is 1. The van der Waals surface area contributed by atoms with Crippen LogP contribution in [0.5, 0.6) is 0 Å². The van der Waals surface area contributed by atoms with E-state index < -0.39 is 6.10 Å². The van der Waals surface area contributed by atoms with E-state index in [1.54, 1.807) is 17.1 Å². The summed E-state index contributed by atoms with van der Waals surface area (Å²) in [5.74, 6) is 0.556. The first kappa shape index (κ1) is 19.8. The molecule has 0 spiro atoms. The Morgan fingerprint density at radius 1 is 1.26 bits per heavy atom. The number of hydrogen-bond donors (Lipinski definition) is 2. The van der Waals surface area contributed by atoms with Crippen molar-refractivity contribution in [3.8, 4) is 0 Å². The van der Waals surface area contributed by atoms with Crippen LogP contribution in [0.25, 0.3) is 5.57 Å². The molecule has 9 nitrogen and oxygen atoms in total. The number of fused-ring (bicyclic) bond motifs is 1. The number of aryl methyl sites for hydroxylation is 1. The molecule has 2 aliphatic heterocycles. The summed E-state index contributed by atoms with van der Waals surface area (Å²) in [4.78, 5) is 12.9. The molecule has 0 saturated carbocycles. The van der Waals surface area contributed by atoms with Crippen molar-refractivity contribution in [3.05, 3.63) is 53.5 Å². The maximum atomic E-state index is 14.8. The molecule has 162 valence electrons. The third-order valence-corrected chi connectivity index (χ3v) is 6.11. The average molecular weight is 424 g/mol. The molecule has 2 N–H and O–H groups in total. The van der Waals surface area contributed by atoms with Gasteiger partial charge in [0, 0.05) is 55.5 Å². The van der Waals surface area contributed by atoms with Crippen LogP contribution in [-0.4, -0.2) is 80.8 Å². The third-order valence-electron chi connectivity index (χ3n) is 6.11. The van der Waals surface area contributed by atoms with Gasteiger partial charge in [0.15, 0.2) is 0 Å². The summed E-state index contributed by atoms with van der Waals surface area (Å²) >= 11 is 0. The molecule has 0 amide bonds. The van der Waals surface area contributed by atoms with Crippen LogP contribution in [0.15, 0.2) is 47.4 Å². The minimum atomic E-state index is -0.445. The van der Waals surface area contributed by atoms with E-state index in [0.29, 0.717) is 30.1 Å². The van der Waals surface area contributed by atoms with Crippen molar-refractivity contribution >= 4 is 17.1 Å². The minimum Gasteiger partial charge on any atom is -0.390 e. The van der Waals surface area contributed by atoms with E-state index in [9.17, 15) is 9.50 Å². The molecule has 1 fully saturated rings. The number of likely N-dealkylation sites (N-methyl/N-ethyl adjacent to an activating group) is 1. The lowest BCUT2D eigenvalue weighted by Gasteiger charge is -2.22. The number of nitrogens with one attached hydrogen (secondary N) is 1. The first-order valence-electron chi connectivity index (χ1n) is 10.3. The Balaban J connectivity index is 1.44. The number of hydrazone groups is 1. The van der Waals surface area contributed by atoms with Crippen molar-refractivity contribution in [2.45, 2.75) is 24.6 Å². The Hall–Kier alpha value is -3.11. The van der Waals surface area contributed by atoms with Crippen LogP contribution in [-0.2, 0) is 7.05 Å². The first-order valence-corrected chi connectivity index (χ1v) is 10.3. The fraction of sp³-hybridized carbons (Fsp3) is 0.429. The number of halogens is 1. The number of aromatic nitrogens is 4. The highest BCUT2D eigenvalue weighted by Gasteiger charge is 2.35. The van der Waals surface area contributed by atoms with Gasteiger partial charge in [-0.1, -0.05) is 0 Å². The van der Waals surface area contributed by atoms with Gasteiger partial charge < -0.3 is 20.3 Å². The fourth-order valence-corrected chi connectivity index (χ4v) is 4.41. The number of anilines is 1. The lowest BCUT2D eigenvalue weighted by molar-refractivity contribution is 0.114. The molecule has 1 saturated heterocycles. The van der Waals surface area contributed by atoms with Crippen molar-refractivity contribution in [2.75, 3.05) is 32.1 Å². The summed E-state index contributed by atoms with van der Waals surface area (Å²) in [5.41, 5.74) is 6.56. The quantitative estimate of drug-likeness (QED) is 0.746. The second-order valence-electron chi connectivity index (χ2n) is 8.43. The second-order valence-corrected chi connectivity index (χ2v) is 8.43. The number of allylic oxidation sites excluding steroid dienone is 2. The number of hydrogen-bond acceptors (Lipinski definition) is 8. The zero-order valence-corrected chi connectivity index (χ0v) is 17.7. The van der Waals surface area contributed by atoms with Crippen molar-refractivity contribution in [1.29, 1.82) is 0 Å². The van der Waals surface area contributed by atoms with E-state index in [1.165, 1.54) is 6.33 Å². The lowest BCUT2D eigenvalue weighted by atomic mass is 9.89. The molecule has 0 aromatic carbocycles. The molecule has 0 radical (unpaired) electrons. The molecule has 2 unspecified atom stereocenters. The normalized spacial score (nSPS) is 25.6. The van der Waals surface area contributed by atoms with Gasteiger partial charge in [-0.3, -0.25) is 4.68 Å². The summed E-state index contributed by atoms with van der Waals surface area (Å²) < 4.78 is 16.4. The van der Waals surface area contributed by atoms with E-state index in [2.05, 4.69) is 30.5 Å². The average Bonchev–Trinajstić information content (AvgIpc) is 3.45. The van der Waals surface area contributed by atoms with Crippen LogP contribution in [0.3, 0.4) is 0 Å². The maximum absolute atomic E-state index is 14.8. The van der Waals surface area contributed by atoms with Gasteiger partial charge in [0.05, 0.1) is 30.1 Å². The van der Waals surface area contributed by atoms with Gasteiger partial charge in [-0.2, -0.15) is 10.2 Å². The van der Waals surface area contributed by atoms with Gasteiger partial charge in [-0.25, -0.2) is 14.4 Å². The molecule has 4 heterocycles. The zero-order chi connectivity index (χ0) is 21.7. The van der Waals surface area contributed by atoms with E-state index in [-0.39, 0.29) is 24.3 Å². The van der Waals surface area contributed by atoms with Crippen molar-refractivity contribution in [2.24, 2.45) is 12.1 Å². The standard InChI is InChI=1S/C21H25FN8O/c1-28(2)18-9-30(10-19(18)31)20-6-17(23-11-24-20)21-14-4-13(12-7-25-29(3)8-12)15(22)5-16(14)26-27-21/h4,6-8,11,16,18-19,26,31H,5,9-10H2,1-3H3/t16?,18?,19-/m1/s1. The smallest absolute Gasteiger partial charge is 0.132 e. The fourth-order valence-electron chi connectivity index (χ4n) is 4.41. The molecular weight excluding hydrogens is 399 g/mol. The Morgan fingerprint density at radius 3 is 2.81 bits per heavy atom. The van der Waals surface area contributed by atoms with Crippen molar-refractivity contribution in [3.63, 3.8) is 0 Å². The Labute approximate surface area is 179 Å². The van der Waals surface area contributed by atoms with Gasteiger partial charge in [-0.15, -0.1) is 0 Å². The van der Waals surface area contributed by atoms with Crippen LogP contribution < -0.4 is 10.3 Å². The molecular formula is C21H25FN8O. The minimum absolute atomic E-state index is 0.0458. The van der Waals surface area contributed by atoms with Gasteiger partial charge >= 0.3 is 0 Å². The molecule has 3 aliphatic rings. The molecule has 10 heteroatoms. The number of rotatable bonds is 4. The zero-order valence-electron chi connectivity index (χ0n) is 17.7. The van der Waals surface area contributed by atoms with E-state index in [4.69, 9.17) is 0 Å². The highest BCUT2D eigenvalue weighted by atomic mass is 19.1. The Bertz CT molecular complexity index is 1100. The lowest BCUT2D eigenvalue weighted by Crippen LogP contribution is -2.38. The van der Waals surface area contributed by atoms with Gasteiger partial charge in [0.2, 0.25) is 0 Å². The van der Waals surface area contributed by atoms with E-state index in [0.717, 1.165) is 17.0 Å². The molecule has 5 rings (SSSR count). The van der Waals surface area contributed by atoms with Crippen LogP contribution in [0.4, 0.5) is 10.2 Å². The van der Waals surface area contributed by atoms with Gasteiger partial charge in [0.25, 0.3) is 0 Å². The van der Waals surface area contributed by atoms with Crippen LogP contribution >= 0.6 is 0 Å². The summed E-state index contributed by atoms with van der Waals surface area (Å²) in [7, 11) is 5.73. The summed E-state index contributed by atoms with van der Waals surface area (Å²) in [6.07, 6.45) is 6.59. The predicted octanol–water partition coefficient (Wildman–Crippen LogP) is 0.708. The van der Waals surface area contributed by atoms with Crippen LogP contribution in [0.2, 0.25) is 0 Å². The Kier molecular flexibility index (Phi) is 4.82. The van der Waals surface area contributed by atoms with E-state index in [1.807, 2.05) is 38.2 Å². The largest absolute Gasteiger partial charge is 0.390 e. The number of nitrogens with zero attached hydrogens (tertiary/aromatic N) is 7. The second kappa shape index (κ2) is 7.54. The van der Waals surface area contributed by atoms with Crippen molar-refractivity contribution < 1.29 is 9.50 Å². The molecule has 3 atom stereocenters. The summed E-state index contributed by atoms with van der Waals surface area (Å²) in [5, 5.41) is 19.0. The van der Waals surface area contributed by atoms with E-state index >= 15 is 0 Å². The molecule has 31 heavy (non-hydrogen) atoms. The SMILES string of the molecule is CN(C)C1CN(c2cc(C3=NNC4CC(F)=C(c5cnn(C)c5)C=C34)ncn2)C[C@H]1O. The predicted molar refractivity (Wildman–Crippen MR) is 115 cm³/mol. The topological polar surface area (TPSA) is 94.7 Å². The third kappa shape index (κ3) is 3.51. The summed E-state index contributed by atoms with van der Waals surface area (Å²) in [6.45, 7) is 1.19. The summed E-state index contributed by atoms with van der Waals surface area (Å²) in [6, 6.07) is 1.71. The highest BCUT2D eigenvalue weighted by molar-refractivity contribution is 6.15. The molecule has 0 bridgehead atoms. The van der Waals surface area contributed by atoms with Crippen molar-refractivity contribution in [1.82, 2.24) is 30.1 Å². The monoisotopic (exact) mass is 424 g/mol. The van der Waals surface area contributed by atoms with Gasteiger partial charge in [-0.05, 0) is 20.2 Å². The number of aliphatic hydroxyl groups is 1. The van der Waals surface area contributed by atoms with Crippen LogP contribution in [0, 0.1) is 0 Å². The van der Waals surface area contributed by atoms with Crippen LogP contribution in [0.1, 0.15) is 17.7 Å². The Morgan fingerprint density at radius 2 is 2.10 bits per heavy atom. The number of β-amino-alcohol motifs (C(OH)–C–C–N with tert-alkyl or cyclic N) is 1. The molecule has 2 aromatic rings.